The van der Waals surface area contributed by atoms with Crippen LogP contribution in [0.4, 0.5) is 0 Å². The van der Waals surface area contributed by atoms with Crippen LogP contribution in [0.15, 0.2) is 33.7 Å². The maximum atomic E-state index is 5.88. The standard InChI is InChI=1S/C15H22BrN3O/c1-3-17-15(19-12-8-9-12)18-10-11(2)20-14-7-5-4-6-13(14)16/h4-7,11-12H,3,8-10H2,1-2H3,(H2,17,18,19). The van der Waals surface area contributed by atoms with E-state index in [-0.39, 0.29) is 6.10 Å². The number of nitrogens with zero attached hydrogens (tertiary/aromatic N) is 1. The van der Waals surface area contributed by atoms with Crippen LogP contribution in [0.1, 0.15) is 26.7 Å². The third kappa shape index (κ3) is 5.04. The molecular formula is C15H22BrN3O. The summed E-state index contributed by atoms with van der Waals surface area (Å²) in [6, 6.07) is 8.48. The van der Waals surface area contributed by atoms with E-state index in [2.05, 4.69) is 38.5 Å². The Morgan fingerprint density at radius 3 is 2.85 bits per heavy atom. The number of rotatable bonds is 6. The van der Waals surface area contributed by atoms with E-state index in [0.717, 1.165) is 22.7 Å². The number of para-hydroxylation sites is 1. The fourth-order valence-corrected chi connectivity index (χ4v) is 2.13. The van der Waals surface area contributed by atoms with Crippen LogP contribution in [0.3, 0.4) is 0 Å². The van der Waals surface area contributed by atoms with Crippen molar-refractivity contribution >= 4 is 21.9 Å². The molecule has 110 valence electrons. The van der Waals surface area contributed by atoms with Gasteiger partial charge < -0.3 is 15.4 Å². The maximum absolute atomic E-state index is 5.88. The van der Waals surface area contributed by atoms with Gasteiger partial charge in [0.15, 0.2) is 5.96 Å². The number of guanidine groups is 1. The molecule has 1 atom stereocenters. The molecule has 0 heterocycles. The Bertz CT molecular complexity index is 460. The molecule has 1 aromatic carbocycles. The molecule has 0 amide bonds. The van der Waals surface area contributed by atoms with Crippen molar-refractivity contribution in [2.24, 2.45) is 4.99 Å². The molecule has 0 aromatic heterocycles. The normalized spacial score (nSPS) is 16.6. The Labute approximate surface area is 129 Å². The highest BCUT2D eigenvalue weighted by Gasteiger charge is 2.22. The lowest BCUT2D eigenvalue weighted by atomic mass is 10.3. The first-order valence-electron chi connectivity index (χ1n) is 7.15. The van der Waals surface area contributed by atoms with Crippen LogP contribution in [-0.2, 0) is 0 Å². The molecule has 0 aliphatic heterocycles. The average Bonchev–Trinajstić information content (AvgIpc) is 3.23. The van der Waals surface area contributed by atoms with Gasteiger partial charge in [0.2, 0.25) is 0 Å². The summed E-state index contributed by atoms with van der Waals surface area (Å²) >= 11 is 3.49. The summed E-state index contributed by atoms with van der Waals surface area (Å²) < 4.78 is 6.86. The number of benzene rings is 1. The highest BCUT2D eigenvalue weighted by atomic mass is 79.9. The van der Waals surface area contributed by atoms with Gasteiger partial charge in [-0.15, -0.1) is 0 Å². The summed E-state index contributed by atoms with van der Waals surface area (Å²) in [5, 5.41) is 6.66. The van der Waals surface area contributed by atoms with Crippen molar-refractivity contribution in [3.05, 3.63) is 28.7 Å². The zero-order valence-electron chi connectivity index (χ0n) is 12.0. The quantitative estimate of drug-likeness (QED) is 0.618. The fraction of sp³-hybridized carbons (Fsp3) is 0.533. The molecular weight excluding hydrogens is 318 g/mol. The number of nitrogens with one attached hydrogen (secondary N) is 2. The topological polar surface area (TPSA) is 45.7 Å². The molecule has 2 N–H and O–H groups in total. The second-order valence-electron chi connectivity index (χ2n) is 5.00. The molecule has 1 saturated carbocycles. The lowest BCUT2D eigenvalue weighted by Gasteiger charge is -2.15. The van der Waals surface area contributed by atoms with Crippen molar-refractivity contribution in [1.82, 2.24) is 10.6 Å². The SMILES string of the molecule is CCNC(=NCC(C)Oc1ccccc1Br)NC1CC1. The van der Waals surface area contributed by atoms with Crippen molar-refractivity contribution in [3.8, 4) is 5.75 Å². The van der Waals surface area contributed by atoms with E-state index in [9.17, 15) is 0 Å². The number of ether oxygens (including phenoxy) is 1. The van der Waals surface area contributed by atoms with Crippen LogP contribution in [0.5, 0.6) is 5.75 Å². The van der Waals surface area contributed by atoms with Crippen molar-refractivity contribution in [2.75, 3.05) is 13.1 Å². The van der Waals surface area contributed by atoms with Crippen LogP contribution >= 0.6 is 15.9 Å². The van der Waals surface area contributed by atoms with E-state index < -0.39 is 0 Å². The van der Waals surface area contributed by atoms with Crippen LogP contribution < -0.4 is 15.4 Å². The van der Waals surface area contributed by atoms with Crippen LogP contribution in [0.25, 0.3) is 0 Å². The van der Waals surface area contributed by atoms with Crippen molar-refractivity contribution in [1.29, 1.82) is 0 Å². The number of hydrogen-bond acceptors (Lipinski definition) is 2. The van der Waals surface area contributed by atoms with Gasteiger partial charge in [-0.1, -0.05) is 12.1 Å². The molecule has 1 aliphatic carbocycles. The van der Waals surface area contributed by atoms with Gasteiger partial charge in [0.1, 0.15) is 11.9 Å². The highest BCUT2D eigenvalue weighted by Crippen LogP contribution is 2.24. The molecule has 1 fully saturated rings. The first kappa shape index (κ1) is 15.2. The van der Waals surface area contributed by atoms with Gasteiger partial charge in [0.05, 0.1) is 11.0 Å². The van der Waals surface area contributed by atoms with Crippen LogP contribution in [0, 0.1) is 0 Å². The second kappa shape index (κ2) is 7.53. The monoisotopic (exact) mass is 339 g/mol. The third-order valence-electron chi connectivity index (χ3n) is 2.93. The maximum Gasteiger partial charge on any atom is 0.191 e. The smallest absolute Gasteiger partial charge is 0.191 e. The van der Waals surface area contributed by atoms with Gasteiger partial charge in [0, 0.05) is 12.6 Å². The lowest BCUT2D eigenvalue weighted by molar-refractivity contribution is 0.228. The van der Waals surface area contributed by atoms with E-state index in [1.54, 1.807) is 0 Å². The Morgan fingerprint density at radius 1 is 1.45 bits per heavy atom. The molecule has 0 spiro atoms. The van der Waals surface area contributed by atoms with E-state index in [1.165, 1.54) is 12.8 Å². The molecule has 1 aliphatic rings. The highest BCUT2D eigenvalue weighted by molar-refractivity contribution is 9.10. The largest absolute Gasteiger partial charge is 0.488 e. The summed E-state index contributed by atoms with van der Waals surface area (Å²) in [5.74, 6) is 1.74. The molecule has 0 radical (unpaired) electrons. The summed E-state index contributed by atoms with van der Waals surface area (Å²) in [5.41, 5.74) is 0. The Morgan fingerprint density at radius 2 is 2.20 bits per heavy atom. The minimum absolute atomic E-state index is 0.0309. The molecule has 2 rings (SSSR count). The van der Waals surface area contributed by atoms with Crippen molar-refractivity contribution in [2.45, 2.75) is 38.8 Å². The van der Waals surface area contributed by atoms with E-state index >= 15 is 0 Å². The average molecular weight is 340 g/mol. The minimum Gasteiger partial charge on any atom is -0.488 e. The molecule has 20 heavy (non-hydrogen) atoms. The van der Waals surface area contributed by atoms with Gasteiger partial charge >= 0.3 is 0 Å². The Kier molecular flexibility index (Phi) is 5.71. The van der Waals surface area contributed by atoms with Gasteiger partial charge in [0.25, 0.3) is 0 Å². The summed E-state index contributed by atoms with van der Waals surface area (Å²) in [6.07, 6.45) is 2.52. The van der Waals surface area contributed by atoms with Gasteiger partial charge in [-0.05, 0) is 54.8 Å². The van der Waals surface area contributed by atoms with E-state index in [0.29, 0.717) is 12.6 Å². The molecule has 0 saturated heterocycles. The first-order chi connectivity index (χ1) is 9.69. The van der Waals surface area contributed by atoms with E-state index in [1.807, 2.05) is 31.2 Å². The Balaban J connectivity index is 1.85. The van der Waals surface area contributed by atoms with E-state index in [4.69, 9.17) is 4.74 Å². The molecule has 1 aromatic rings. The molecule has 5 heteroatoms. The molecule has 1 unspecified atom stereocenters. The zero-order chi connectivity index (χ0) is 14.4. The second-order valence-corrected chi connectivity index (χ2v) is 5.85. The van der Waals surface area contributed by atoms with Gasteiger partial charge in [-0.25, -0.2) is 4.99 Å². The summed E-state index contributed by atoms with van der Waals surface area (Å²) in [6.45, 7) is 5.61. The minimum atomic E-state index is 0.0309. The van der Waals surface area contributed by atoms with Crippen molar-refractivity contribution < 1.29 is 4.74 Å². The summed E-state index contributed by atoms with van der Waals surface area (Å²) in [4.78, 5) is 4.57. The number of halogens is 1. The number of hydrogen-bond donors (Lipinski definition) is 2. The Hall–Kier alpha value is -1.23. The number of aliphatic imine (C=N–C) groups is 1. The lowest BCUT2D eigenvalue weighted by Crippen LogP contribution is -2.39. The van der Waals surface area contributed by atoms with Gasteiger partial charge in [-0.2, -0.15) is 0 Å². The molecule has 4 nitrogen and oxygen atoms in total. The van der Waals surface area contributed by atoms with Crippen molar-refractivity contribution in [3.63, 3.8) is 0 Å². The summed E-state index contributed by atoms with van der Waals surface area (Å²) in [7, 11) is 0. The van der Waals surface area contributed by atoms with Crippen LogP contribution in [0.2, 0.25) is 0 Å². The van der Waals surface area contributed by atoms with Crippen LogP contribution in [-0.4, -0.2) is 31.2 Å². The predicted octanol–water partition coefficient (Wildman–Crippen LogP) is 2.93. The fourth-order valence-electron chi connectivity index (χ4n) is 1.76. The zero-order valence-corrected chi connectivity index (χ0v) is 13.6. The van der Waals surface area contributed by atoms with Gasteiger partial charge in [-0.3, -0.25) is 0 Å². The first-order valence-corrected chi connectivity index (χ1v) is 7.94. The molecule has 0 bridgehead atoms. The third-order valence-corrected chi connectivity index (χ3v) is 3.59. The predicted molar refractivity (Wildman–Crippen MR) is 86.4 cm³/mol.